The van der Waals surface area contributed by atoms with Gasteiger partial charge in [0.2, 0.25) is 10.0 Å². The van der Waals surface area contributed by atoms with Gasteiger partial charge in [-0.25, -0.2) is 13.1 Å². The van der Waals surface area contributed by atoms with Gasteiger partial charge < -0.3 is 15.4 Å². The van der Waals surface area contributed by atoms with E-state index < -0.39 is 10.0 Å². The van der Waals surface area contributed by atoms with E-state index in [1.54, 1.807) is 14.0 Å². The van der Waals surface area contributed by atoms with E-state index in [0.717, 1.165) is 25.4 Å². The second-order valence-corrected chi connectivity index (χ2v) is 9.08. The predicted molar refractivity (Wildman–Crippen MR) is 118 cm³/mol. The number of guanidine groups is 1. The Balaban J connectivity index is 2.04. The Kier molecular flexibility index (Phi) is 9.69. The molecule has 1 aromatic rings. The van der Waals surface area contributed by atoms with Crippen LogP contribution in [0.25, 0.3) is 0 Å². The highest BCUT2D eigenvalue weighted by molar-refractivity contribution is 7.89. The van der Waals surface area contributed by atoms with Crippen LogP contribution in [0.3, 0.4) is 0 Å². The highest BCUT2D eigenvalue weighted by Crippen LogP contribution is 2.27. The van der Waals surface area contributed by atoms with Gasteiger partial charge in [0.15, 0.2) is 5.96 Å². The number of rotatable bonds is 11. The molecular weight excluding hydrogens is 390 g/mol. The van der Waals surface area contributed by atoms with Crippen molar-refractivity contribution in [2.24, 2.45) is 4.99 Å². The summed E-state index contributed by atoms with van der Waals surface area (Å²) in [6.07, 6.45) is 2.42. The summed E-state index contributed by atoms with van der Waals surface area (Å²) < 4.78 is 31.0. The van der Waals surface area contributed by atoms with Crippen LogP contribution in [0.15, 0.2) is 29.3 Å². The average Bonchev–Trinajstić information content (AvgIpc) is 3.26. The Bertz CT molecular complexity index is 748. The lowest BCUT2D eigenvalue weighted by Crippen LogP contribution is -2.42. The van der Waals surface area contributed by atoms with Gasteiger partial charge in [-0.3, -0.25) is 9.89 Å². The Morgan fingerprint density at radius 3 is 2.62 bits per heavy atom. The molecule has 1 unspecified atom stereocenters. The van der Waals surface area contributed by atoms with Crippen molar-refractivity contribution in [2.75, 3.05) is 52.1 Å². The summed E-state index contributed by atoms with van der Waals surface area (Å²) in [5.74, 6) is 1.62. The second kappa shape index (κ2) is 12.0. The van der Waals surface area contributed by atoms with Crippen molar-refractivity contribution in [3.63, 3.8) is 0 Å². The minimum Gasteiger partial charge on any atom is -0.497 e. The zero-order chi connectivity index (χ0) is 21.1. The molecule has 0 saturated carbocycles. The number of benzene rings is 1. The van der Waals surface area contributed by atoms with E-state index in [4.69, 9.17) is 9.73 Å². The minimum absolute atomic E-state index is 0.0825. The predicted octanol–water partition coefficient (Wildman–Crippen LogP) is 1.33. The molecule has 8 nitrogen and oxygen atoms in total. The van der Waals surface area contributed by atoms with Crippen LogP contribution in [0.4, 0.5) is 0 Å². The van der Waals surface area contributed by atoms with Crippen molar-refractivity contribution in [3.05, 3.63) is 29.8 Å². The molecular formula is C20H35N5O3S. The maximum Gasteiger partial charge on any atom is 0.211 e. The minimum atomic E-state index is -3.18. The highest BCUT2D eigenvalue weighted by Gasteiger charge is 2.23. The van der Waals surface area contributed by atoms with E-state index in [0.29, 0.717) is 25.6 Å². The number of nitrogens with zero attached hydrogens (tertiary/aromatic N) is 2. The molecule has 164 valence electrons. The molecule has 0 aromatic heterocycles. The molecule has 0 amide bonds. The number of aliphatic imine (C=N–C) groups is 1. The van der Waals surface area contributed by atoms with E-state index >= 15 is 0 Å². The SMILES string of the molecule is CCNC(=NCC(c1cccc(OC)c1)N1CCCC1)NCCNS(=O)(=O)CC. The summed E-state index contributed by atoms with van der Waals surface area (Å²) in [7, 11) is -1.50. The summed E-state index contributed by atoms with van der Waals surface area (Å²) >= 11 is 0. The average molecular weight is 426 g/mol. The monoisotopic (exact) mass is 425 g/mol. The lowest BCUT2D eigenvalue weighted by Gasteiger charge is -2.27. The summed E-state index contributed by atoms with van der Waals surface area (Å²) in [5.41, 5.74) is 1.20. The fraction of sp³-hybridized carbons (Fsp3) is 0.650. The van der Waals surface area contributed by atoms with Crippen LogP contribution in [0.1, 0.15) is 38.3 Å². The number of ether oxygens (including phenoxy) is 1. The molecule has 1 fully saturated rings. The van der Waals surface area contributed by atoms with Crippen molar-refractivity contribution >= 4 is 16.0 Å². The van der Waals surface area contributed by atoms with Gasteiger partial charge in [-0.2, -0.15) is 0 Å². The first-order valence-electron chi connectivity index (χ1n) is 10.4. The van der Waals surface area contributed by atoms with Crippen molar-refractivity contribution in [1.82, 2.24) is 20.3 Å². The molecule has 3 N–H and O–H groups in total. The van der Waals surface area contributed by atoms with Crippen molar-refractivity contribution in [2.45, 2.75) is 32.7 Å². The van der Waals surface area contributed by atoms with Gasteiger partial charge in [0, 0.05) is 19.6 Å². The third kappa shape index (κ3) is 7.83. The Morgan fingerprint density at radius 1 is 1.21 bits per heavy atom. The fourth-order valence-electron chi connectivity index (χ4n) is 3.34. The molecule has 0 radical (unpaired) electrons. The molecule has 0 bridgehead atoms. The van der Waals surface area contributed by atoms with Crippen LogP contribution in [0.2, 0.25) is 0 Å². The van der Waals surface area contributed by atoms with Crippen LogP contribution in [0.5, 0.6) is 5.75 Å². The smallest absolute Gasteiger partial charge is 0.211 e. The largest absolute Gasteiger partial charge is 0.497 e. The van der Waals surface area contributed by atoms with Gasteiger partial charge in [0.05, 0.1) is 25.4 Å². The quantitative estimate of drug-likeness (QED) is 0.281. The summed E-state index contributed by atoms with van der Waals surface area (Å²) in [6, 6.07) is 8.36. The number of hydrogen-bond donors (Lipinski definition) is 3. The summed E-state index contributed by atoms with van der Waals surface area (Å²) in [6.45, 7) is 7.92. The number of nitrogens with one attached hydrogen (secondary N) is 3. The molecule has 1 heterocycles. The third-order valence-electron chi connectivity index (χ3n) is 4.95. The van der Waals surface area contributed by atoms with Crippen molar-refractivity contribution < 1.29 is 13.2 Å². The van der Waals surface area contributed by atoms with Gasteiger partial charge in [-0.05, 0) is 57.5 Å². The van der Waals surface area contributed by atoms with Gasteiger partial charge in [0.1, 0.15) is 5.75 Å². The Labute approximate surface area is 175 Å². The molecule has 1 aromatic carbocycles. The van der Waals surface area contributed by atoms with Gasteiger partial charge >= 0.3 is 0 Å². The Morgan fingerprint density at radius 2 is 1.97 bits per heavy atom. The maximum absolute atomic E-state index is 11.5. The fourth-order valence-corrected chi connectivity index (χ4v) is 3.96. The maximum atomic E-state index is 11.5. The highest BCUT2D eigenvalue weighted by atomic mass is 32.2. The van der Waals surface area contributed by atoms with Crippen molar-refractivity contribution in [3.8, 4) is 5.75 Å². The lowest BCUT2D eigenvalue weighted by atomic mass is 10.1. The molecule has 9 heteroatoms. The first-order chi connectivity index (χ1) is 14.0. The van der Waals surface area contributed by atoms with Gasteiger partial charge in [0.25, 0.3) is 0 Å². The molecule has 1 aliphatic heterocycles. The van der Waals surface area contributed by atoms with Crippen LogP contribution in [-0.4, -0.2) is 71.4 Å². The second-order valence-electron chi connectivity index (χ2n) is 6.98. The van der Waals surface area contributed by atoms with Crippen molar-refractivity contribution in [1.29, 1.82) is 0 Å². The molecule has 1 saturated heterocycles. The number of sulfonamides is 1. The first-order valence-corrected chi connectivity index (χ1v) is 12.0. The molecule has 0 spiro atoms. The topological polar surface area (TPSA) is 95.1 Å². The van der Waals surface area contributed by atoms with E-state index in [2.05, 4.69) is 32.4 Å². The summed E-state index contributed by atoms with van der Waals surface area (Å²) in [4.78, 5) is 7.25. The Hall–Kier alpha value is -1.84. The number of hydrogen-bond acceptors (Lipinski definition) is 5. The van der Waals surface area contributed by atoms with E-state index in [1.807, 2.05) is 19.1 Å². The van der Waals surface area contributed by atoms with E-state index in [9.17, 15) is 8.42 Å². The normalized spacial score (nSPS) is 16.6. The first kappa shape index (κ1) is 23.4. The third-order valence-corrected chi connectivity index (χ3v) is 6.35. The van der Waals surface area contributed by atoms with Gasteiger partial charge in [-0.15, -0.1) is 0 Å². The van der Waals surface area contributed by atoms with Crippen LogP contribution in [-0.2, 0) is 10.0 Å². The molecule has 1 atom stereocenters. The van der Waals surface area contributed by atoms with Crippen LogP contribution >= 0.6 is 0 Å². The molecule has 1 aliphatic rings. The zero-order valence-corrected chi connectivity index (χ0v) is 18.6. The molecule has 29 heavy (non-hydrogen) atoms. The van der Waals surface area contributed by atoms with Gasteiger partial charge in [-0.1, -0.05) is 12.1 Å². The van der Waals surface area contributed by atoms with E-state index in [1.165, 1.54) is 18.4 Å². The zero-order valence-electron chi connectivity index (χ0n) is 17.8. The van der Waals surface area contributed by atoms with E-state index in [-0.39, 0.29) is 11.8 Å². The molecule has 2 rings (SSSR count). The lowest BCUT2D eigenvalue weighted by molar-refractivity contribution is 0.251. The van der Waals surface area contributed by atoms with Crippen LogP contribution in [0, 0.1) is 0 Å². The van der Waals surface area contributed by atoms with Crippen LogP contribution < -0.4 is 20.1 Å². The number of methoxy groups -OCH3 is 1. The summed E-state index contributed by atoms with van der Waals surface area (Å²) in [5, 5.41) is 6.44. The number of likely N-dealkylation sites (tertiary alicyclic amines) is 1. The standard InChI is InChI=1S/C20H35N5O3S/c1-4-21-20(22-11-12-24-29(26,27)5-2)23-16-19(25-13-6-7-14-25)17-9-8-10-18(15-17)28-3/h8-10,15,19,24H,4-7,11-14,16H2,1-3H3,(H2,21,22,23). The molecule has 0 aliphatic carbocycles.